The van der Waals surface area contributed by atoms with E-state index in [2.05, 4.69) is 14.7 Å². The first-order chi connectivity index (χ1) is 18.3. The van der Waals surface area contributed by atoms with Crippen molar-refractivity contribution >= 4 is 21.2 Å². The van der Waals surface area contributed by atoms with Crippen LogP contribution in [0.15, 0.2) is 69.3 Å². The van der Waals surface area contributed by atoms with Crippen molar-refractivity contribution in [3.63, 3.8) is 0 Å². The molecule has 2 aromatic carbocycles. The highest BCUT2D eigenvalue weighted by atomic mass is 32.2. The fraction of sp³-hybridized carbons (Fsp3) is 0.346. The van der Waals surface area contributed by atoms with Crippen molar-refractivity contribution in [2.75, 3.05) is 13.2 Å². The number of hydrogen-bond acceptors (Lipinski definition) is 7. The Morgan fingerprint density at radius 1 is 1.05 bits per heavy atom. The minimum atomic E-state index is -3.72. The molecule has 12 heteroatoms. The maximum atomic E-state index is 12.8. The quantitative estimate of drug-likeness (QED) is 0.332. The molecule has 11 nitrogen and oxygen atoms in total. The largest absolute Gasteiger partial charge is 0.490 e. The Balaban J connectivity index is 1.23. The number of hydrogen-bond donors (Lipinski definition) is 2. The van der Waals surface area contributed by atoms with Crippen LogP contribution >= 0.6 is 0 Å². The molecule has 0 saturated carbocycles. The molecule has 0 aliphatic carbocycles. The molecule has 1 aliphatic heterocycles. The summed E-state index contributed by atoms with van der Waals surface area (Å²) >= 11 is 0. The molecule has 0 spiro atoms. The Morgan fingerprint density at radius 3 is 2.42 bits per heavy atom. The van der Waals surface area contributed by atoms with Crippen LogP contribution in [-0.4, -0.2) is 46.8 Å². The third-order valence-electron chi connectivity index (χ3n) is 6.53. The number of benzene rings is 2. The van der Waals surface area contributed by atoms with E-state index in [0.29, 0.717) is 36.7 Å². The second kappa shape index (κ2) is 10.9. The first-order valence-electron chi connectivity index (χ1n) is 12.4. The van der Waals surface area contributed by atoms with Gasteiger partial charge in [0.2, 0.25) is 10.0 Å². The highest BCUT2D eigenvalue weighted by Crippen LogP contribution is 2.20. The van der Waals surface area contributed by atoms with Gasteiger partial charge in [-0.25, -0.2) is 22.9 Å². The zero-order chi connectivity index (χ0) is 26.7. The van der Waals surface area contributed by atoms with Crippen molar-refractivity contribution in [2.45, 2.75) is 50.4 Å². The van der Waals surface area contributed by atoms with Crippen LogP contribution in [0, 0.1) is 0 Å². The number of sulfonamides is 1. The number of nitrogens with zero attached hydrogens (tertiary/aromatic N) is 3. The summed E-state index contributed by atoms with van der Waals surface area (Å²) in [5, 5.41) is 0. The number of aromatic nitrogens is 4. The summed E-state index contributed by atoms with van der Waals surface area (Å²) in [6.07, 6.45) is 3.25. The average molecular weight is 540 g/mol. The fourth-order valence-electron chi connectivity index (χ4n) is 4.40. The molecule has 3 heterocycles. The Morgan fingerprint density at radius 2 is 1.74 bits per heavy atom. The van der Waals surface area contributed by atoms with Crippen molar-refractivity contribution in [3.05, 3.63) is 86.8 Å². The standard InChI is InChI=1S/C26H29N5O6S/c1-2-30-17-27-24-23(30)25(32)29-26(33)31(24)16-19-5-3-18(4-6-19)15-28-38(34,35)22-9-7-20(8-10-22)37-21-11-13-36-14-12-21/h3-10,17,21,28H,2,11-16H2,1H3,(H,29,32,33). The van der Waals surface area contributed by atoms with Gasteiger partial charge in [0, 0.05) is 25.9 Å². The summed E-state index contributed by atoms with van der Waals surface area (Å²) in [4.78, 5) is 31.5. The normalized spacial score (nSPS) is 14.7. The van der Waals surface area contributed by atoms with Gasteiger partial charge in [0.25, 0.3) is 5.56 Å². The molecule has 200 valence electrons. The predicted octanol–water partition coefficient (Wildman–Crippen LogP) is 1.99. The maximum Gasteiger partial charge on any atom is 0.330 e. The number of imidazole rings is 1. The number of H-pyrrole nitrogens is 1. The third-order valence-corrected chi connectivity index (χ3v) is 7.95. The van der Waals surface area contributed by atoms with Crippen molar-refractivity contribution in [1.82, 2.24) is 23.8 Å². The van der Waals surface area contributed by atoms with Crippen LogP contribution in [-0.2, 0) is 34.4 Å². The van der Waals surface area contributed by atoms with E-state index < -0.39 is 21.3 Å². The number of ether oxygens (including phenoxy) is 2. The van der Waals surface area contributed by atoms with Gasteiger partial charge in [0.15, 0.2) is 11.2 Å². The van der Waals surface area contributed by atoms with Gasteiger partial charge < -0.3 is 14.0 Å². The van der Waals surface area contributed by atoms with Gasteiger partial charge in [-0.15, -0.1) is 0 Å². The van der Waals surface area contributed by atoms with Crippen LogP contribution in [0.5, 0.6) is 5.75 Å². The molecule has 1 aliphatic rings. The van der Waals surface area contributed by atoms with Crippen LogP contribution in [0.1, 0.15) is 30.9 Å². The number of fused-ring (bicyclic) bond motifs is 1. The molecule has 0 amide bonds. The smallest absolute Gasteiger partial charge is 0.330 e. The minimum absolute atomic E-state index is 0.0785. The molecule has 0 unspecified atom stereocenters. The molecule has 4 aromatic rings. The van der Waals surface area contributed by atoms with E-state index in [1.54, 1.807) is 28.8 Å². The van der Waals surface area contributed by atoms with Gasteiger partial charge in [-0.3, -0.25) is 14.3 Å². The van der Waals surface area contributed by atoms with E-state index in [-0.39, 0.29) is 24.1 Å². The molecule has 0 radical (unpaired) electrons. The first-order valence-corrected chi connectivity index (χ1v) is 13.9. The molecule has 1 saturated heterocycles. The number of aryl methyl sites for hydroxylation is 1. The van der Waals surface area contributed by atoms with Crippen molar-refractivity contribution in [2.24, 2.45) is 0 Å². The lowest BCUT2D eigenvalue weighted by atomic mass is 10.1. The van der Waals surface area contributed by atoms with Crippen molar-refractivity contribution in [1.29, 1.82) is 0 Å². The van der Waals surface area contributed by atoms with Gasteiger partial charge in [0.05, 0.1) is 31.0 Å². The zero-order valence-corrected chi connectivity index (χ0v) is 21.7. The van der Waals surface area contributed by atoms with Crippen molar-refractivity contribution < 1.29 is 17.9 Å². The molecule has 1 fully saturated rings. The summed E-state index contributed by atoms with van der Waals surface area (Å²) in [7, 11) is -3.72. The van der Waals surface area contributed by atoms with Gasteiger partial charge in [-0.1, -0.05) is 24.3 Å². The first kappa shape index (κ1) is 25.9. The predicted molar refractivity (Wildman–Crippen MR) is 141 cm³/mol. The van der Waals surface area contributed by atoms with E-state index in [1.165, 1.54) is 23.0 Å². The van der Waals surface area contributed by atoms with Gasteiger partial charge in [-0.2, -0.15) is 0 Å². The summed E-state index contributed by atoms with van der Waals surface area (Å²) in [6, 6.07) is 13.6. The van der Waals surface area contributed by atoms with E-state index >= 15 is 0 Å². The van der Waals surface area contributed by atoms with E-state index in [4.69, 9.17) is 9.47 Å². The molecule has 2 aromatic heterocycles. The van der Waals surface area contributed by atoms with E-state index in [1.807, 2.05) is 19.1 Å². The lowest BCUT2D eigenvalue weighted by Crippen LogP contribution is -2.31. The SMILES string of the molecule is CCn1cnc2c1c(=O)[nH]c(=O)n2Cc1ccc(CNS(=O)(=O)c2ccc(OC3CCOCC3)cc2)cc1. The molecule has 2 N–H and O–H groups in total. The topological polar surface area (TPSA) is 137 Å². The summed E-state index contributed by atoms with van der Waals surface area (Å²) < 4.78 is 42.5. The Bertz CT molecular complexity index is 1630. The Labute approximate surface area is 219 Å². The summed E-state index contributed by atoms with van der Waals surface area (Å²) in [6.45, 7) is 4.09. The van der Waals surface area contributed by atoms with Gasteiger partial charge in [0.1, 0.15) is 11.9 Å². The van der Waals surface area contributed by atoms with Crippen molar-refractivity contribution in [3.8, 4) is 5.75 Å². The fourth-order valence-corrected chi connectivity index (χ4v) is 5.42. The van der Waals surface area contributed by atoms with Gasteiger partial charge in [-0.05, 0) is 42.3 Å². The van der Waals surface area contributed by atoms with Crippen LogP contribution in [0.4, 0.5) is 0 Å². The van der Waals surface area contributed by atoms with Gasteiger partial charge >= 0.3 is 5.69 Å². The highest BCUT2D eigenvalue weighted by Gasteiger charge is 2.18. The number of rotatable bonds is 9. The average Bonchev–Trinajstić information content (AvgIpc) is 3.36. The number of aromatic amines is 1. The molecule has 0 atom stereocenters. The van der Waals surface area contributed by atoms with Crippen LogP contribution in [0.3, 0.4) is 0 Å². The van der Waals surface area contributed by atoms with Crippen LogP contribution < -0.4 is 20.7 Å². The molecule has 38 heavy (non-hydrogen) atoms. The second-order valence-corrected chi connectivity index (χ2v) is 10.9. The molecule has 5 rings (SSSR count). The molecular formula is C26H29N5O6S. The van der Waals surface area contributed by atoms with Crippen LogP contribution in [0.2, 0.25) is 0 Å². The monoisotopic (exact) mass is 539 g/mol. The Hall–Kier alpha value is -3.74. The lowest BCUT2D eigenvalue weighted by molar-refractivity contribution is 0.0255. The summed E-state index contributed by atoms with van der Waals surface area (Å²) in [5.41, 5.74) is 1.22. The molecular weight excluding hydrogens is 510 g/mol. The Kier molecular flexibility index (Phi) is 7.45. The maximum absolute atomic E-state index is 12.8. The molecule has 0 bridgehead atoms. The van der Waals surface area contributed by atoms with E-state index in [9.17, 15) is 18.0 Å². The second-order valence-electron chi connectivity index (χ2n) is 9.09. The zero-order valence-electron chi connectivity index (χ0n) is 20.9. The third kappa shape index (κ3) is 5.57. The summed E-state index contributed by atoms with van der Waals surface area (Å²) in [5.74, 6) is 0.631. The lowest BCUT2D eigenvalue weighted by Gasteiger charge is -2.23. The highest BCUT2D eigenvalue weighted by molar-refractivity contribution is 7.89. The van der Waals surface area contributed by atoms with Crippen LogP contribution in [0.25, 0.3) is 11.2 Å². The van der Waals surface area contributed by atoms with E-state index in [0.717, 1.165) is 24.0 Å². The minimum Gasteiger partial charge on any atom is -0.490 e. The number of nitrogens with one attached hydrogen (secondary N) is 2.